The van der Waals surface area contributed by atoms with Crippen molar-refractivity contribution < 1.29 is 14.7 Å². The maximum absolute atomic E-state index is 11.9. The van der Waals surface area contributed by atoms with Gasteiger partial charge in [0.15, 0.2) is 0 Å². The van der Waals surface area contributed by atoms with Crippen molar-refractivity contribution >= 4 is 40.2 Å². The molecule has 1 aromatic rings. The molecule has 2 N–H and O–H groups in total. The second-order valence-electron chi connectivity index (χ2n) is 4.94. The van der Waals surface area contributed by atoms with Gasteiger partial charge in [-0.05, 0) is 72.8 Å². The summed E-state index contributed by atoms with van der Waals surface area (Å²) < 4.78 is 1.12. The number of carbonyl (C=O) groups excluding carboxylic acids is 1. The highest BCUT2D eigenvalue weighted by molar-refractivity contribution is 14.1. The molecule has 0 radical (unpaired) electrons. The second-order valence-corrected chi connectivity index (χ2v) is 6.19. The van der Waals surface area contributed by atoms with Gasteiger partial charge in [-0.1, -0.05) is 0 Å². The van der Waals surface area contributed by atoms with Gasteiger partial charge in [0.25, 0.3) is 0 Å². The number of likely N-dealkylation sites (tertiary alicyclic amines) is 1. The number of hydrogen-bond acceptors (Lipinski definition) is 3. The number of piperidine rings is 1. The molecule has 1 saturated heterocycles. The molecule has 1 aliphatic rings. The molecule has 0 aliphatic carbocycles. The number of aliphatic carboxylic acids is 1. The fourth-order valence-corrected chi connectivity index (χ4v) is 2.63. The largest absolute Gasteiger partial charge is 0.481 e. The number of halogens is 1. The Morgan fingerprint density at radius 3 is 2.40 bits per heavy atom. The van der Waals surface area contributed by atoms with Crippen molar-refractivity contribution in [3.63, 3.8) is 0 Å². The minimum absolute atomic E-state index is 0.0556. The Labute approximate surface area is 131 Å². The van der Waals surface area contributed by atoms with Gasteiger partial charge in [0.05, 0.1) is 12.5 Å². The summed E-state index contributed by atoms with van der Waals surface area (Å²) in [5, 5.41) is 11.8. The van der Waals surface area contributed by atoms with Crippen LogP contribution >= 0.6 is 22.6 Å². The number of amides is 1. The van der Waals surface area contributed by atoms with Crippen LogP contribution in [0.2, 0.25) is 0 Å². The van der Waals surface area contributed by atoms with Crippen LogP contribution in [-0.2, 0) is 9.59 Å². The molecule has 1 aromatic carbocycles. The summed E-state index contributed by atoms with van der Waals surface area (Å²) >= 11 is 2.21. The van der Waals surface area contributed by atoms with Crippen molar-refractivity contribution in [2.45, 2.75) is 12.8 Å². The van der Waals surface area contributed by atoms with Crippen LogP contribution in [0.4, 0.5) is 5.69 Å². The van der Waals surface area contributed by atoms with Crippen molar-refractivity contribution in [2.24, 2.45) is 5.92 Å². The molecule has 0 bridgehead atoms. The maximum Gasteiger partial charge on any atom is 0.306 e. The number of carbonyl (C=O) groups is 2. The number of benzene rings is 1. The zero-order valence-electron chi connectivity index (χ0n) is 11.0. The fraction of sp³-hybridized carbons (Fsp3) is 0.429. The first-order valence-electron chi connectivity index (χ1n) is 6.55. The number of nitrogens with one attached hydrogen (secondary N) is 1. The van der Waals surface area contributed by atoms with Gasteiger partial charge < -0.3 is 10.4 Å². The van der Waals surface area contributed by atoms with Crippen LogP contribution in [0.5, 0.6) is 0 Å². The van der Waals surface area contributed by atoms with E-state index in [4.69, 9.17) is 5.11 Å². The molecule has 0 atom stereocenters. The van der Waals surface area contributed by atoms with Gasteiger partial charge in [0.2, 0.25) is 5.91 Å². The van der Waals surface area contributed by atoms with Gasteiger partial charge in [-0.15, -0.1) is 0 Å². The normalized spacial score (nSPS) is 16.9. The average Bonchev–Trinajstić information content (AvgIpc) is 2.42. The molecule has 6 heteroatoms. The maximum atomic E-state index is 11.9. The Morgan fingerprint density at radius 1 is 1.25 bits per heavy atom. The lowest BCUT2D eigenvalue weighted by Gasteiger charge is -2.29. The first kappa shape index (κ1) is 15.2. The number of anilines is 1. The summed E-state index contributed by atoms with van der Waals surface area (Å²) in [6.45, 7) is 1.65. The van der Waals surface area contributed by atoms with Crippen molar-refractivity contribution in [3.8, 4) is 0 Å². The second kappa shape index (κ2) is 7.03. The molecule has 0 unspecified atom stereocenters. The Bertz CT molecular complexity index is 482. The zero-order chi connectivity index (χ0) is 14.5. The average molecular weight is 388 g/mol. The van der Waals surface area contributed by atoms with E-state index in [1.165, 1.54) is 0 Å². The molecule has 20 heavy (non-hydrogen) atoms. The lowest BCUT2D eigenvalue weighted by Crippen LogP contribution is -2.40. The number of nitrogens with zero attached hydrogens (tertiary/aromatic N) is 1. The van der Waals surface area contributed by atoms with E-state index in [1.807, 2.05) is 29.2 Å². The van der Waals surface area contributed by atoms with Crippen LogP contribution in [0.1, 0.15) is 12.8 Å². The smallest absolute Gasteiger partial charge is 0.306 e. The summed E-state index contributed by atoms with van der Waals surface area (Å²) in [5.74, 6) is -1.04. The third-order valence-electron chi connectivity index (χ3n) is 3.43. The standard InChI is InChI=1S/C14H17IN2O3/c15-11-1-3-12(4-2-11)16-13(18)9-17-7-5-10(6-8-17)14(19)20/h1-4,10H,5-9H2,(H,16,18)(H,19,20). The molecule has 2 rings (SSSR count). The van der Waals surface area contributed by atoms with E-state index >= 15 is 0 Å². The van der Waals surface area contributed by atoms with E-state index in [0.717, 1.165) is 9.26 Å². The molecule has 1 heterocycles. The van der Waals surface area contributed by atoms with Gasteiger partial charge >= 0.3 is 5.97 Å². The predicted molar refractivity (Wildman–Crippen MR) is 84.6 cm³/mol. The highest BCUT2D eigenvalue weighted by Gasteiger charge is 2.25. The quantitative estimate of drug-likeness (QED) is 0.775. The fourth-order valence-electron chi connectivity index (χ4n) is 2.27. The van der Waals surface area contributed by atoms with E-state index < -0.39 is 5.97 Å². The van der Waals surface area contributed by atoms with Crippen LogP contribution in [0, 0.1) is 9.49 Å². The Balaban J connectivity index is 1.78. The third kappa shape index (κ3) is 4.45. The molecule has 108 valence electrons. The van der Waals surface area contributed by atoms with Crippen molar-refractivity contribution in [3.05, 3.63) is 27.8 Å². The first-order valence-corrected chi connectivity index (χ1v) is 7.63. The highest BCUT2D eigenvalue weighted by atomic mass is 127. The lowest BCUT2D eigenvalue weighted by atomic mass is 9.97. The van der Waals surface area contributed by atoms with Crippen LogP contribution in [0.25, 0.3) is 0 Å². The van der Waals surface area contributed by atoms with E-state index in [-0.39, 0.29) is 11.8 Å². The van der Waals surface area contributed by atoms with Crippen molar-refractivity contribution in [1.29, 1.82) is 0 Å². The highest BCUT2D eigenvalue weighted by Crippen LogP contribution is 2.17. The Morgan fingerprint density at radius 2 is 1.85 bits per heavy atom. The molecule has 1 fully saturated rings. The first-order chi connectivity index (χ1) is 9.54. The minimum atomic E-state index is -0.729. The topological polar surface area (TPSA) is 69.6 Å². The molecule has 0 spiro atoms. The van der Waals surface area contributed by atoms with E-state index in [9.17, 15) is 9.59 Å². The van der Waals surface area contributed by atoms with E-state index in [1.54, 1.807) is 0 Å². The number of carboxylic acids is 1. The zero-order valence-corrected chi connectivity index (χ0v) is 13.2. The summed E-state index contributed by atoms with van der Waals surface area (Å²) in [4.78, 5) is 24.8. The van der Waals surface area contributed by atoms with Crippen LogP contribution in [-0.4, -0.2) is 41.5 Å². The predicted octanol–water partition coefficient (Wildman–Crippen LogP) is 2.03. The Hall–Kier alpha value is -1.15. The van der Waals surface area contributed by atoms with Gasteiger partial charge in [-0.3, -0.25) is 14.5 Å². The molecule has 1 aliphatic heterocycles. The summed E-state index contributed by atoms with van der Waals surface area (Å²) in [5.41, 5.74) is 0.788. The molecular formula is C14H17IN2O3. The van der Waals surface area contributed by atoms with Crippen LogP contribution in [0.3, 0.4) is 0 Å². The minimum Gasteiger partial charge on any atom is -0.481 e. The molecule has 5 nitrogen and oxygen atoms in total. The van der Waals surface area contributed by atoms with Gasteiger partial charge in [0.1, 0.15) is 0 Å². The number of rotatable bonds is 4. The lowest BCUT2D eigenvalue weighted by molar-refractivity contribution is -0.143. The van der Waals surface area contributed by atoms with Crippen LogP contribution in [0.15, 0.2) is 24.3 Å². The Kier molecular flexibility index (Phi) is 5.36. The third-order valence-corrected chi connectivity index (χ3v) is 4.15. The van der Waals surface area contributed by atoms with Gasteiger partial charge in [-0.25, -0.2) is 0 Å². The summed E-state index contributed by atoms with van der Waals surface area (Å²) in [6.07, 6.45) is 1.23. The van der Waals surface area contributed by atoms with E-state index in [2.05, 4.69) is 27.9 Å². The molecule has 0 saturated carbocycles. The number of carboxylic acid groups (broad SMARTS) is 1. The summed E-state index contributed by atoms with van der Waals surface area (Å²) in [7, 11) is 0. The van der Waals surface area contributed by atoms with Crippen molar-refractivity contribution in [2.75, 3.05) is 25.0 Å². The molecule has 1 amide bonds. The summed E-state index contributed by atoms with van der Waals surface area (Å²) in [6, 6.07) is 7.62. The molecular weight excluding hydrogens is 371 g/mol. The van der Waals surface area contributed by atoms with Gasteiger partial charge in [0, 0.05) is 9.26 Å². The monoisotopic (exact) mass is 388 g/mol. The van der Waals surface area contributed by atoms with Crippen LogP contribution < -0.4 is 5.32 Å². The number of hydrogen-bond donors (Lipinski definition) is 2. The van der Waals surface area contributed by atoms with Crippen molar-refractivity contribution in [1.82, 2.24) is 4.90 Å². The van der Waals surface area contributed by atoms with Gasteiger partial charge in [-0.2, -0.15) is 0 Å². The van der Waals surface area contributed by atoms with E-state index in [0.29, 0.717) is 32.5 Å². The SMILES string of the molecule is O=C(CN1CCC(C(=O)O)CC1)Nc1ccc(I)cc1. The molecule has 0 aromatic heterocycles.